The van der Waals surface area contributed by atoms with E-state index in [0.29, 0.717) is 0 Å². The Morgan fingerprint density at radius 3 is 1.94 bits per heavy atom. The van der Waals surface area contributed by atoms with Crippen LogP contribution in [-0.4, -0.2) is 38.0 Å². The summed E-state index contributed by atoms with van der Waals surface area (Å²) in [6, 6.07) is 8.55. The van der Waals surface area contributed by atoms with Crippen molar-refractivity contribution in [2.45, 2.75) is 96.4 Å². The summed E-state index contributed by atoms with van der Waals surface area (Å²) in [5.74, 6) is 0. The van der Waals surface area contributed by atoms with E-state index in [2.05, 4.69) is 40.1 Å². The SMILES string of the molecule is NCCCCCCCCOCCCc1ccc[n+](CCCCCCOCCCc2cccnc2)c1. The molecule has 0 atom stereocenters. The van der Waals surface area contributed by atoms with Crippen LogP contribution in [0.25, 0.3) is 0 Å². The zero-order chi connectivity index (χ0) is 24.7. The van der Waals surface area contributed by atoms with Crippen molar-refractivity contribution in [1.82, 2.24) is 4.98 Å². The van der Waals surface area contributed by atoms with Gasteiger partial charge in [-0.2, -0.15) is 0 Å². The molecule has 2 N–H and O–H groups in total. The fourth-order valence-electron chi connectivity index (χ4n) is 4.28. The number of ether oxygens (including phenoxy) is 2. The molecule has 2 rings (SSSR count). The van der Waals surface area contributed by atoms with Gasteiger partial charge in [0.25, 0.3) is 0 Å². The summed E-state index contributed by atoms with van der Waals surface area (Å²) in [6.45, 7) is 5.43. The van der Waals surface area contributed by atoms with Crippen LogP contribution >= 0.6 is 0 Å². The molecule has 0 aliphatic heterocycles. The minimum atomic E-state index is 0.829. The van der Waals surface area contributed by atoms with Gasteiger partial charge in [0.2, 0.25) is 0 Å². The quantitative estimate of drug-likeness (QED) is 0.159. The second-order valence-electron chi connectivity index (χ2n) is 9.57. The van der Waals surface area contributed by atoms with Gasteiger partial charge in [0, 0.05) is 56.9 Å². The Morgan fingerprint density at radius 2 is 1.26 bits per heavy atom. The predicted molar refractivity (Wildman–Crippen MR) is 144 cm³/mol. The number of aryl methyl sites for hydroxylation is 3. The van der Waals surface area contributed by atoms with Gasteiger partial charge < -0.3 is 15.2 Å². The molecule has 0 radical (unpaired) electrons. The lowest BCUT2D eigenvalue weighted by Crippen LogP contribution is -2.33. The van der Waals surface area contributed by atoms with Gasteiger partial charge in [0.1, 0.15) is 6.54 Å². The Morgan fingerprint density at radius 1 is 0.657 bits per heavy atom. The Kier molecular flexibility index (Phi) is 18.0. The Hall–Kier alpha value is -1.82. The summed E-state index contributed by atoms with van der Waals surface area (Å²) in [5, 5.41) is 0. The van der Waals surface area contributed by atoms with Gasteiger partial charge in [0.05, 0.1) is 0 Å². The number of pyridine rings is 2. The summed E-state index contributed by atoms with van der Waals surface area (Å²) >= 11 is 0. The van der Waals surface area contributed by atoms with Gasteiger partial charge in [-0.15, -0.1) is 0 Å². The third-order valence-electron chi connectivity index (χ3n) is 6.35. The van der Waals surface area contributed by atoms with Crippen molar-refractivity contribution < 1.29 is 14.0 Å². The number of aromatic nitrogens is 2. The van der Waals surface area contributed by atoms with Crippen molar-refractivity contribution in [2.24, 2.45) is 5.73 Å². The summed E-state index contributed by atoms with van der Waals surface area (Å²) in [4.78, 5) is 4.15. The molecule has 0 fully saturated rings. The maximum absolute atomic E-state index is 5.83. The molecule has 0 bridgehead atoms. The molecule has 0 spiro atoms. The second kappa shape index (κ2) is 21.5. The average molecular weight is 485 g/mol. The largest absolute Gasteiger partial charge is 0.381 e. The van der Waals surface area contributed by atoms with Gasteiger partial charge in [-0.05, 0) is 75.6 Å². The van der Waals surface area contributed by atoms with E-state index in [1.807, 2.05) is 18.5 Å². The molecule has 35 heavy (non-hydrogen) atoms. The fourth-order valence-corrected chi connectivity index (χ4v) is 4.28. The molecule has 196 valence electrons. The lowest BCUT2D eigenvalue weighted by Gasteiger charge is -2.05. The first-order valence-corrected chi connectivity index (χ1v) is 14.1. The normalized spacial score (nSPS) is 11.2. The van der Waals surface area contributed by atoms with E-state index in [1.165, 1.54) is 68.9 Å². The first kappa shape index (κ1) is 29.4. The van der Waals surface area contributed by atoms with Crippen LogP contribution in [0.15, 0.2) is 49.1 Å². The van der Waals surface area contributed by atoms with Crippen molar-refractivity contribution in [3.8, 4) is 0 Å². The van der Waals surface area contributed by atoms with Crippen LogP contribution in [0.2, 0.25) is 0 Å². The summed E-state index contributed by atoms with van der Waals surface area (Å²) in [5.41, 5.74) is 8.23. The third kappa shape index (κ3) is 16.5. The van der Waals surface area contributed by atoms with E-state index in [-0.39, 0.29) is 0 Å². The van der Waals surface area contributed by atoms with E-state index in [1.54, 1.807) is 0 Å². The molecule has 0 aliphatic carbocycles. The van der Waals surface area contributed by atoms with Gasteiger partial charge in [-0.1, -0.05) is 38.2 Å². The maximum atomic E-state index is 5.83. The number of hydrogen-bond donors (Lipinski definition) is 1. The van der Waals surface area contributed by atoms with Crippen molar-refractivity contribution in [3.63, 3.8) is 0 Å². The maximum Gasteiger partial charge on any atom is 0.171 e. The van der Waals surface area contributed by atoms with Gasteiger partial charge in [-0.25, -0.2) is 4.57 Å². The first-order chi connectivity index (χ1) is 17.4. The molecule has 0 amide bonds. The third-order valence-corrected chi connectivity index (χ3v) is 6.35. The van der Waals surface area contributed by atoms with Crippen LogP contribution in [0.5, 0.6) is 0 Å². The number of unbranched alkanes of at least 4 members (excludes halogenated alkanes) is 8. The van der Waals surface area contributed by atoms with Crippen molar-refractivity contribution >= 4 is 0 Å². The minimum absolute atomic E-state index is 0.829. The Balaban J connectivity index is 1.38. The van der Waals surface area contributed by atoms with Crippen LogP contribution in [0.4, 0.5) is 0 Å². The Bertz CT molecular complexity index is 727. The van der Waals surface area contributed by atoms with Crippen LogP contribution < -0.4 is 10.3 Å². The summed E-state index contributed by atoms with van der Waals surface area (Å²) in [7, 11) is 0. The molecular formula is C30H50N3O2+. The second-order valence-corrected chi connectivity index (χ2v) is 9.57. The van der Waals surface area contributed by atoms with E-state index >= 15 is 0 Å². The fraction of sp³-hybridized carbons (Fsp3) is 0.667. The predicted octanol–water partition coefficient (Wildman–Crippen LogP) is 5.83. The summed E-state index contributed by atoms with van der Waals surface area (Å²) in [6.07, 6.45) is 25.0. The molecule has 2 heterocycles. The molecule has 0 saturated heterocycles. The summed E-state index contributed by atoms with van der Waals surface area (Å²) < 4.78 is 14.0. The molecule has 2 aromatic rings. The van der Waals surface area contributed by atoms with Gasteiger partial charge >= 0.3 is 0 Å². The highest BCUT2D eigenvalue weighted by molar-refractivity contribution is 5.08. The lowest BCUT2D eigenvalue weighted by atomic mass is 10.1. The van der Waals surface area contributed by atoms with Crippen molar-refractivity contribution in [1.29, 1.82) is 0 Å². The van der Waals surface area contributed by atoms with Gasteiger partial charge in [-0.3, -0.25) is 4.98 Å². The number of hydrogen-bond acceptors (Lipinski definition) is 4. The standard InChI is InChI=1S/C30H50N3O2/c31-19-7-3-1-2-5-9-23-35-26-14-18-30-16-12-22-33(28-30)21-8-4-6-10-24-34-25-13-17-29-15-11-20-32-27-29/h11-12,15-16,20,22,27-28H,1-10,13-14,17-19,21,23-26,31H2/q+1. The number of nitrogens with two attached hydrogens (primary N) is 1. The molecule has 0 unspecified atom stereocenters. The topological polar surface area (TPSA) is 61.2 Å². The number of rotatable bonds is 23. The smallest absolute Gasteiger partial charge is 0.171 e. The Labute approximate surface area is 214 Å². The van der Waals surface area contributed by atoms with Crippen LogP contribution in [0.3, 0.4) is 0 Å². The highest BCUT2D eigenvalue weighted by Crippen LogP contribution is 2.06. The molecule has 2 aromatic heterocycles. The zero-order valence-electron chi connectivity index (χ0n) is 22.0. The van der Waals surface area contributed by atoms with E-state index < -0.39 is 0 Å². The molecular weight excluding hydrogens is 434 g/mol. The highest BCUT2D eigenvalue weighted by atomic mass is 16.5. The van der Waals surface area contributed by atoms with Crippen molar-refractivity contribution in [2.75, 3.05) is 33.0 Å². The van der Waals surface area contributed by atoms with E-state index in [0.717, 1.165) is 71.6 Å². The highest BCUT2D eigenvalue weighted by Gasteiger charge is 2.03. The van der Waals surface area contributed by atoms with Crippen LogP contribution in [0.1, 0.15) is 88.2 Å². The first-order valence-electron chi connectivity index (χ1n) is 14.1. The van der Waals surface area contributed by atoms with Crippen LogP contribution in [0, 0.1) is 0 Å². The zero-order valence-corrected chi connectivity index (χ0v) is 22.0. The minimum Gasteiger partial charge on any atom is -0.381 e. The van der Waals surface area contributed by atoms with E-state index in [9.17, 15) is 0 Å². The van der Waals surface area contributed by atoms with Gasteiger partial charge in [0.15, 0.2) is 12.4 Å². The molecule has 0 saturated carbocycles. The number of nitrogens with zero attached hydrogens (tertiary/aromatic N) is 2. The van der Waals surface area contributed by atoms with Crippen LogP contribution in [-0.2, 0) is 28.9 Å². The average Bonchev–Trinajstić information content (AvgIpc) is 2.89. The molecule has 5 heteroatoms. The monoisotopic (exact) mass is 484 g/mol. The van der Waals surface area contributed by atoms with Crippen molar-refractivity contribution in [3.05, 3.63) is 60.2 Å². The molecule has 5 nitrogen and oxygen atoms in total. The molecule has 0 aromatic carbocycles. The van der Waals surface area contributed by atoms with E-state index in [4.69, 9.17) is 15.2 Å². The lowest BCUT2D eigenvalue weighted by molar-refractivity contribution is -0.697. The molecule has 0 aliphatic rings.